The zero-order valence-corrected chi connectivity index (χ0v) is 11.1. The van der Waals surface area contributed by atoms with Gasteiger partial charge in [0.25, 0.3) is 5.91 Å². The Morgan fingerprint density at radius 3 is 2.57 bits per heavy atom. The number of aliphatic hydroxyl groups excluding tert-OH is 1. The van der Waals surface area contributed by atoms with Crippen molar-refractivity contribution in [1.29, 1.82) is 0 Å². The molecule has 4 atom stereocenters. The van der Waals surface area contributed by atoms with E-state index in [1.165, 1.54) is 4.90 Å². The molecule has 1 aromatic carbocycles. The molecule has 2 aliphatic rings. The predicted molar refractivity (Wildman–Crippen MR) is 69.0 cm³/mol. The highest BCUT2D eigenvalue weighted by Gasteiger charge is 2.55. The number of nitrogens with zero attached hydrogens (tertiary/aromatic N) is 1. The van der Waals surface area contributed by atoms with Crippen LogP contribution in [-0.2, 0) is 25.6 Å². The Labute approximate surface area is 120 Å². The molecule has 0 radical (unpaired) electrons. The summed E-state index contributed by atoms with van der Waals surface area (Å²) in [5.41, 5.74) is 0.887. The highest BCUT2D eigenvalue weighted by atomic mass is 16.7. The van der Waals surface area contributed by atoms with Crippen LogP contribution >= 0.6 is 0 Å². The van der Waals surface area contributed by atoms with Crippen molar-refractivity contribution in [1.82, 2.24) is 4.90 Å². The molecule has 2 bridgehead atoms. The average molecular weight is 293 g/mol. The summed E-state index contributed by atoms with van der Waals surface area (Å²) in [6.07, 6.45) is -3.31. The summed E-state index contributed by atoms with van der Waals surface area (Å²) < 4.78 is 10.4. The zero-order chi connectivity index (χ0) is 15.0. The van der Waals surface area contributed by atoms with E-state index in [4.69, 9.17) is 14.6 Å². The first-order valence-electron chi connectivity index (χ1n) is 6.61. The summed E-state index contributed by atoms with van der Waals surface area (Å²) in [7, 11) is 0. The van der Waals surface area contributed by atoms with Crippen molar-refractivity contribution in [3.8, 4) is 0 Å². The van der Waals surface area contributed by atoms with E-state index in [9.17, 15) is 14.7 Å². The molecule has 2 heterocycles. The van der Waals surface area contributed by atoms with Crippen molar-refractivity contribution in [2.24, 2.45) is 0 Å². The van der Waals surface area contributed by atoms with Gasteiger partial charge in [-0.3, -0.25) is 4.79 Å². The van der Waals surface area contributed by atoms with Crippen molar-refractivity contribution in [2.45, 2.75) is 31.1 Å². The second-order valence-corrected chi connectivity index (χ2v) is 5.03. The Bertz CT molecular complexity index is 548. The lowest BCUT2D eigenvalue weighted by molar-refractivity contribution is -0.181. The molecule has 112 valence electrons. The van der Waals surface area contributed by atoms with Gasteiger partial charge in [0, 0.05) is 6.54 Å². The smallest absolute Gasteiger partial charge is 0.335 e. The summed E-state index contributed by atoms with van der Waals surface area (Å²) in [6.45, 7) is -0.111. The van der Waals surface area contributed by atoms with Crippen molar-refractivity contribution in [3.05, 3.63) is 35.9 Å². The van der Waals surface area contributed by atoms with Crippen LogP contribution in [0.4, 0.5) is 0 Å². The average Bonchev–Trinajstić information content (AvgIpc) is 2.88. The molecule has 0 unspecified atom stereocenters. The maximum Gasteiger partial charge on any atom is 0.335 e. The number of fused-ring (bicyclic) bond motifs is 2. The molecule has 0 saturated carbocycles. The Morgan fingerprint density at radius 1 is 1.24 bits per heavy atom. The number of rotatable bonds is 4. The minimum absolute atomic E-state index is 0.275. The van der Waals surface area contributed by atoms with E-state index in [0.717, 1.165) is 5.56 Å². The highest BCUT2D eigenvalue weighted by Crippen LogP contribution is 2.32. The quantitative estimate of drug-likeness (QED) is 0.783. The summed E-state index contributed by atoms with van der Waals surface area (Å²) in [5.74, 6) is -1.66. The molecular weight excluding hydrogens is 278 g/mol. The minimum Gasteiger partial charge on any atom is -0.479 e. The number of carbonyl (C=O) groups is 2. The molecule has 2 N–H and O–H groups in total. The molecule has 1 aromatic rings. The van der Waals surface area contributed by atoms with Crippen LogP contribution in [0.2, 0.25) is 0 Å². The fourth-order valence-electron chi connectivity index (χ4n) is 2.72. The Morgan fingerprint density at radius 2 is 1.95 bits per heavy atom. The topological polar surface area (TPSA) is 96.3 Å². The number of amides is 1. The van der Waals surface area contributed by atoms with E-state index in [0.29, 0.717) is 0 Å². The third kappa shape index (κ3) is 2.39. The van der Waals surface area contributed by atoms with Crippen molar-refractivity contribution in [3.63, 3.8) is 0 Å². The van der Waals surface area contributed by atoms with Gasteiger partial charge in [0.05, 0.1) is 12.6 Å². The summed E-state index contributed by atoms with van der Waals surface area (Å²) >= 11 is 0. The lowest BCUT2D eigenvalue weighted by Gasteiger charge is -2.37. The number of aliphatic hydroxyl groups is 1. The zero-order valence-electron chi connectivity index (χ0n) is 11.1. The molecule has 7 heteroatoms. The van der Waals surface area contributed by atoms with Gasteiger partial charge in [-0.25, -0.2) is 4.79 Å². The van der Waals surface area contributed by atoms with E-state index in [1.54, 1.807) is 0 Å². The van der Waals surface area contributed by atoms with Gasteiger partial charge >= 0.3 is 5.97 Å². The Hall–Kier alpha value is -1.96. The van der Waals surface area contributed by atoms with E-state index >= 15 is 0 Å². The number of hydrogen-bond acceptors (Lipinski definition) is 5. The van der Waals surface area contributed by atoms with Crippen LogP contribution < -0.4 is 0 Å². The van der Waals surface area contributed by atoms with Gasteiger partial charge in [-0.05, 0) is 5.56 Å². The van der Waals surface area contributed by atoms with Crippen LogP contribution in [0.3, 0.4) is 0 Å². The highest BCUT2D eigenvalue weighted by molar-refractivity contribution is 5.83. The molecule has 0 aromatic heterocycles. The van der Waals surface area contributed by atoms with E-state index in [1.807, 2.05) is 30.3 Å². The number of carboxylic acid groups (broad SMARTS) is 1. The molecular formula is C14H15NO6. The van der Waals surface area contributed by atoms with Gasteiger partial charge < -0.3 is 24.6 Å². The maximum atomic E-state index is 12.3. The second kappa shape index (κ2) is 5.44. The fourth-order valence-corrected chi connectivity index (χ4v) is 2.72. The number of morpholine rings is 1. The van der Waals surface area contributed by atoms with Gasteiger partial charge in [0.2, 0.25) is 6.29 Å². The molecule has 1 amide bonds. The van der Waals surface area contributed by atoms with Crippen molar-refractivity contribution < 1.29 is 29.3 Å². The normalized spacial score (nSPS) is 31.5. The van der Waals surface area contributed by atoms with Crippen LogP contribution in [0, 0.1) is 0 Å². The van der Waals surface area contributed by atoms with Crippen LogP contribution in [0.25, 0.3) is 0 Å². The lowest BCUT2D eigenvalue weighted by atomic mass is 10.0. The van der Waals surface area contributed by atoms with Crippen molar-refractivity contribution in [2.75, 3.05) is 6.61 Å². The molecule has 3 rings (SSSR count). The van der Waals surface area contributed by atoms with Crippen LogP contribution in [0.1, 0.15) is 5.56 Å². The number of carbonyl (C=O) groups excluding carboxylic acids is 1. The standard InChI is InChI=1S/C14H15NO6/c16-7-9-10-11(13(18)19)21-14(20-10)12(17)15(9)6-8-4-2-1-3-5-8/h1-5,9-11,14,16H,6-7H2,(H,18,19)/t9-,10-,11+,14+/m1/s1. The number of carboxylic acids is 1. The van der Waals surface area contributed by atoms with E-state index in [2.05, 4.69) is 0 Å². The predicted octanol–water partition coefficient (Wildman–Crippen LogP) is -0.416. The maximum absolute atomic E-state index is 12.3. The van der Waals surface area contributed by atoms with Gasteiger partial charge in [-0.1, -0.05) is 30.3 Å². The largest absolute Gasteiger partial charge is 0.479 e. The molecule has 2 fully saturated rings. The summed E-state index contributed by atoms with van der Waals surface area (Å²) in [4.78, 5) is 24.9. The number of ether oxygens (including phenoxy) is 2. The van der Waals surface area contributed by atoms with Gasteiger partial charge in [-0.15, -0.1) is 0 Å². The second-order valence-electron chi connectivity index (χ2n) is 5.03. The summed E-state index contributed by atoms with van der Waals surface area (Å²) in [5, 5.41) is 18.7. The molecule has 7 nitrogen and oxygen atoms in total. The Kier molecular flexibility index (Phi) is 3.62. The molecule has 2 aliphatic heterocycles. The van der Waals surface area contributed by atoms with Crippen LogP contribution in [0.5, 0.6) is 0 Å². The minimum atomic E-state index is -1.24. The monoisotopic (exact) mass is 293 g/mol. The summed E-state index contributed by atoms with van der Waals surface area (Å²) in [6, 6.07) is 8.53. The third-order valence-electron chi connectivity index (χ3n) is 3.74. The van der Waals surface area contributed by atoms with E-state index < -0.39 is 36.4 Å². The van der Waals surface area contributed by atoms with Gasteiger partial charge in [-0.2, -0.15) is 0 Å². The first-order chi connectivity index (χ1) is 10.1. The first-order valence-corrected chi connectivity index (χ1v) is 6.61. The third-order valence-corrected chi connectivity index (χ3v) is 3.74. The molecule has 0 spiro atoms. The molecule has 0 aliphatic carbocycles. The molecule has 21 heavy (non-hydrogen) atoms. The van der Waals surface area contributed by atoms with Crippen LogP contribution in [0.15, 0.2) is 30.3 Å². The van der Waals surface area contributed by atoms with Crippen LogP contribution in [-0.4, -0.2) is 58.1 Å². The van der Waals surface area contributed by atoms with Crippen molar-refractivity contribution >= 4 is 11.9 Å². The lowest BCUT2D eigenvalue weighted by Crippen LogP contribution is -2.57. The van der Waals surface area contributed by atoms with Gasteiger partial charge in [0.1, 0.15) is 6.10 Å². The van der Waals surface area contributed by atoms with E-state index in [-0.39, 0.29) is 13.2 Å². The van der Waals surface area contributed by atoms with Gasteiger partial charge in [0.15, 0.2) is 6.10 Å². The number of aliphatic carboxylic acids is 1. The molecule has 2 saturated heterocycles. The SMILES string of the molecule is O=C(O)[C@H]1O[C@@H]2O[C@@H]1[C@@H](CO)N(Cc1ccccc1)C2=O. The Balaban J connectivity index is 1.86. The fraction of sp³-hybridized carbons (Fsp3) is 0.429. The number of benzene rings is 1. The number of hydrogen-bond donors (Lipinski definition) is 2. The first kappa shape index (κ1) is 14.0.